The van der Waals surface area contributed by atoms with E-state index in [0.29, 0.717) is 0 Å². The van der Waals surface area contributed by atoms with Gasteiger partial charge in [0.1, 0.15) is 6.04 Å². The van der Waals surface area contributed by atoms with Crippen LogP contribution >= 0.6 is 11.9 Å². The summed E-state index contributed by atoms with van der Waals surface area (Å²) in [5.41, 5.74) is 5.19. The van der Waals surface area contributed by atoms with E-state index in [1.807, 2.05) is 13.2 Å². The van der Waals surface area contributed by atoms with Gasteiger partial charge in [0.2, 0.25) is 0 Å². The summed E-state index contributed by atoms with van der Waals surface area (Å²) >= 11 is 1.48. The Bertz CT molecular complexity index is 129. The summed E-state index contributed by atoms with van der Waals surface area (Å²) in [5, 5.41) is 0. The molecule has 1 heterocycles. The third-order valence-electron chi connectivity index (χ3n) is 1.22. The van der Waals surface area contributed by atoms with E-state index in [4.69, 9.17) is 0 Å². The third-order valence-corrected chi connectivity index (χ3v) is 2.02. The fourth-order valence-electron chi connectivity index (χ4n) is 0.622. The average Bonchev–Trinajstić information content (AvgIpc) is 2.15. The van der Waals surface area contributed by atoms with Crippen LogP contribution in [-0.4, -0.2) is 22.6 Å². The first-order valence-corrected chi connectivity index (χ1v) is 3.82. The molecular formula is C4H9N3OS. The number of hydrogen-bond donors (Lipinski definition) is 2. The highest BCUT2D eigenvalue weighted by molar-refractivity contribution is 7.96. The van der Waals surface area contributed by atoms with Gasteiger partial charge in [0.05, 0.1) is 0 Å². The van der Waals surface area contributed by atoms with E-state index >= 15 is 0 Å². The lowest BCUT2D eigenvalue weighted by molar-refractivity contribution is -0.120. The smallest absolute Gasteiger partial charge is 0.254 e. The Labute approximate surface area is 58.0 Å². The Morgan fingerprint density at radius 3 is 2.67 bits per heavy atom. The summed E-state index contributed by atoms with van der Waals surface area (Å²) in [7, 11) is 0. The highest BCUT2D eigenvalue weighted by atomic mass is 32.2. The van der Waals surface area contributed by atoms with Crippen molar-refractivity contribution in [3.8, 4) is 0 Å². The summed E-state index contributed by atoms with van der Waals surface area (Å²) in [5.74, 6) is 0.0179. The van der Waals surface area contributed by atoms with Crippen LogP contribution in [0.25, 0.3) is 0 Å². The molecule has 1 amide bonds. The molecule has 0 spiro atoms. The number of nitrogens with one attached hydrogen (secondary N) is 2. The van der Waals surface area contributed by atoms with Crippen LogP contribution in [0.5, 0.6) is 0 Å². The first-order chi connectivity index (χ1) is 4.25. The molecule has 1 aliphatic rings. The second-order valence-electron chi connectivity index (χ2n) is 1.79. The highest BCUT2D eigenvalue weighted by Gasteiger charge is 2.26. The Hall–Kier alpha value is -0.260. The van der Waals surface area contributed by atoms with Crippen LogP contribution in [0, 0.1) is 0 Å². The summed E-state index contributed by atoms with van der Waals surface area (Å²) in [4.78, 5) is 10.7. The van der Waals surface area contributed by atoms with E-state index in [9.17, 15) is 4.79 Å². The maximum Gasteiger partial charge on any atom is 0.254 e. The largest absolute Gasteiger partial charge is 0.276 e. The van der Waals surface area contributed by atoms with Crippen molar-refractivity contribution in [3.63, 3.8) is 0 Å². The lowest BCUT2D eigenvalue weighted by Crippen LogP contribution is -2.32. The zero-order chi connectivity index (χ0) is 6.85. The molecule has 0 aliphatic carbocycles. The van der Waals surface area contributed by atoms with Crippen molar-refractivity contribution >= 4 is 17.9 Å². The second-order valence-corrected chi connectivity index (χ2v) is 2.54. The van der Waals surface area contributed by atoms with Gasteiger partial charge >= 0.3 is 0 Å². The van der Waals surface area contributed by atoms with Crippen molar-refractivity contribution in [1.29, 1.82) is 0 Å². The Kier molecular flexibility index (Phi) is 1.94. The van der Waals surface area contributed by atoms with Gasteiger partial charge < -0.3 is 0 Å². The minimum atomic E-state index is -0.0694. The first-order valence-electron chi connectivity index (χ1n) is 2.64. The van der Waals surface area contributed by atoms with Gasteiger partial charge in [-0.25, -0.2) is 0 Å². The SMILES string of the molecule is CSN1NNC(=O)C1C. The number of rotatable bonds is 1. The molecule has 1 unspecified atom stereocenters. The van der Waals surface area contributed by atoms with Crippen molar-refractivity contribution < 1.29 is 4.79 Å². The van der Waals surface area contributed by atoms with Crippen LogP contribution in [0.3, 0.4) is 0 Å². The molecular weight excluding hydrogens is 138 g/mol. The minimum Gasteiger partial charge on any atom is -0.276 e. The van der Waals surface area contributed by atoms with Crippen LogP contribution in [-0.2, 0) is 4.79 Å². The zero-order valence-corrected chi connectivity index (χ0v) is 6.16. The van der Waals surface area contributed by atoms with E-state index in [-0.39, 0.29) is 11.9 Å². The minimum absolute atomic E-state index is 0.0179. The molecule has 1 saturated heterocycles. The molecule has 0 aromatic heterocycles. The monoisotopic (exact) mass is 147 g/mol. The maximum absolute atomic E-state index is 10.7. The molecule has 0 saturated carbocycles. The first kappa shape index (κ1) is 6.85. The molecule has 5 heteroatoms. The van der Waals surface area contributed by atoms with Crippen molar-refractivity contribution in [2.24, 2.45) is 0 Å². The summed E-state index contributed by atoms with van der Waals surface area (Å²) in [6.07, 6.45) is 1.91. The number of nitrogens with zero attached hydrogens (tertiary/aromatic N) is 1. The Morgan fingerprint density at radius 1 is 1.78 bits per heavy atom. The van der Waals surface area contributed by atoms with E-state index in [1.165, 1.54) is 11.9 Å². The van der Waals surface area contributed by atoms with Crippen LogP contribution < -0.4 is 11.0 Å². The fraction of sp³-hybridized carbons (Fsp3) is 0.750. The average molecular weight is 147 g/mol. The molecule has 4 nitrogen and oxygen atoms in total. The molecule has 1 aliphatic heterocycles. The van der Waals surface area contributed by atoms with Gasteiger partial charge in [-0.1, -0.05) is 11.9 Å². The highest BCUT2D eigenvalue weighted by Crippen LogP contribution is 2.09. The molecule has 0 radical (unpaired) electrons. The molecule has 52 valence electrons. The van der Waals surface area contributed by atoms with Gasteiger partial charge in [-0.3, -0.25) is 10.2 Å². The normalized spacial score (nSPS) is 28.7. The lowest BCUT2D eigenvalue weighted by atomic mass is 10.4. The van der Waals surface area contributed by atoms with E-state index in [2.05, 4.69) is 11.0 Å². The predicted octanol–water partition coefficient (Wildman–Crippen LogP) is -0.496. The number of amides is 1. The molecule has 2 N–H and O–H groups in total. The second kappa shape index (κ2) is 2.55. The molecule has 9 heavy (non-hydrogen) atoms. The van der Waals surface area contributed by atoms with Crippen LogP contribution in [0.1, 0.15) is 6.92 Å². The van der Waals surface area contributed by atoms with Crippen molar-refractivity contribution in [2.75, 3.05) is 6.26 Å². The van der Waals surface area contributed by atoms with E-state index < -0.39 is 0 Å². The number of hydrogen-bond acceptors (Lipinski definition) is 4. The molecule has 0 bridgehead atoms. The van der Waals surface area contributed by atoms with Gasteiger partial charge in [0.25, 0.3) is 5.91 Å². The van der Waals surface area contributed by atoms with E-state index in [1.54, 1.807) is 4.41 Å². The summed E-state index contributed by atoms with van der Waals surface area (Å²) < 4.78 is 1.75. The van der Waals surface area contributed by atoms with Crippen LogP contribution in [0.15, 0.2) is 0 Å². The van der Waals surface area contributed by atoms with Gasteiger partial charge in [-0.2, -0.15) is 9.95 Å². The summed E-state index contributed by atoms with van der Waals surface area (Å²) in [6.45, 7) is 1.84. The van der Waals surface area contributed by atoms with Gasteiger partial charge in [-0.15, -0.1) is 0 Å². The molecule has 0 aromatic rings. The lowest BCUT2D eigenvalue weighted by Gasteiger charge is -2.11. The molecule has 1 atom stereocenters. The van der Waals surface area contributed by atoms with Crippen LogP contribution in [0.4, 0.5) is 0 Å². The number of carbonyl (C=O) groups excluding carboxylic acids is 1. The van der Waals surface area contributed by atoms with Crippen molar-refractivity contribution in [2.45, 2.75) is 13.0 Å². The topological polar surface area (TPSA) is 44.4 Å². The maximum atomic E-state index is 10.7. The van der Waals surface area contributed by atoms with Crippen molar-refractivity contribution in [3.05, 3.63) is 0 Å². The van der Waals surface area contributed by atoms with Gasteiger partial charge in [0, 0.05) is 0 Å². The Balaban J connectivity index is 2.51. The van der Waals surface area contributed by atoms with E-state index in [0.717, 1.165) is 0 Å². The standard InChI is InChI=1S/C4H9N3OS/c1-3-4(8)5-6-7(3)9-2/h3,6H,1-2H3,(H,5,8). The summed E-state index contributed by atoms with van der Waals surface area (Å²) in [6, 6.07) is -0.0694. The van der Waals surface area contributed by atoms with Gasteiger partial charge in [0.15, 0.2) is 0 Å². The fourth-order valence-corrected chi connectivity index (χ4v) is 1.17. The predicted molar refractivity (Wildman–Crippen MR) is 36.1 cm³/mol. The zero-order valence-electron chi connectivity index (χ0n) is 5.34. The third kappa shape index (κ3) is 1.17. The quantitative estimate of drug-likeness (QED) is 0.491. The van der Waals surface area contributed by atoms with Crippen molar-refractivity contribution in [1.82, 2.24) is 15.4 Å². The number of hydrazine groups is 2. The molecule has 0 aromatic carbocycles. The Morgan fingerprint density at radius 2 is 2.44 bits per heavy atom. The number of carbonyl (C=O) groups is 1. The molecule has 1 rings (SSSR count). The van der Waals surface area contributed by atoms with Gasteiger partial charge in [-0.05, 0) is 13.2 Å². The molecule has 1 fully saturated rings. The van der Waals surface area contributed by atoms with Crippen LogP contribution in [0.2, 0.25) is 0 Å².